The number of nitrogens with zero attached hydrogens (tertiary/aromatic N) is 2. The molecule has 1 aliphatic heterocycles. The Hall–Kier alpha value is -2.93. The summed E-state index contributed by atoms with van der Waals surface area (Å²) in [5, 5.41) is 2.84. The standard InChI is InChI=1S/C20H21N3O4/c1-26-16-8-4-13(5-9-16)18-19(20(25)22-14-3-2-10-21-11-14)27-12-17(24)23(18)15-6-7-15/h2-5,8-11,15,18-19H,6-7,12H2,1H3,(H,22,25)/t18-,19+/m1/s1. The number of aromatic nitrogens is 1. The molecule has 2 aromatic rings. The maximum absolute atomic E-state index is 12.9. The van der Waals surface area contributed by atoms with Crippen LogP contribution in [0.5, 0.6) is 5.75 Å². The van der Waals surface area contributed by atoms with Gasteiger partial charge in [-0.25, -0.2) is 0 Å². The molecule has 4 rings (SSSR count). The third-order valence-electron chi connectivity index (χ3n) is 4.85. The number of nitrogens with one attached hydrogen (secondary N) is 1. The van der Waals surface area contributed by atoms with Crippen molar-refractivity contribution in [2.24, 2.45) is 0 Å². The van der Waals surface area contributed by atoms with Crippen molar-refractivity contribution in [1.82, 2.24) is 9.88 Å². The number of anilines is 1. The molecule has 0 bridgehead atoms. The minimum absolute atomic E-state index is 0.0799. The number of methoxy groups -OCH3 is 1. The van der Waals surface area contributed by atoms with Gasteiger partial charge in [0.05, 0.1) is 25.0 Å². The molecule has 2 heterocycles. The number of hydrogen-bond donors (Lipinski definition) is 1. The predicted octanol–water partition coefficient (Wildman–Crippen LogP) is 2.16. The second kappa shape index (κ2) is 7.36. The molecule has 7 heteroatoms. The molecule has 1 aromatic heterocycles. The lowest BCUT2D eigenvalue weighted by Gasteiger charge is -2.40. The zero-order chi connectivity index (χ0) is 18.8. The summed E-state index contributed by atoms with van der Waals surface area (Å²) >= 11 is 0. The number of carbonyl (C=O) groups is 2. The SMILES string of the molecule is COc1ccc([C@@H]2[C@@H](C(=O)Nc3cccnc3)OCC(=O)N2C2CC2)cc1. The monoisotopic (exact) mass is 367 g/mol. The fourth-order valence-electron chi connectivity index (χ4n) is 3.42. The molecular weight excluding hydrogens is 346 g/mol. The van der Waals surface area contributed by atoms with Gasteiger partial charge in [-0.1, -0.05) is 12.1 Å². The average molecular weight is 367 g/mol. The minimum atomic E-state index is -0.795. The summed E-state index contributed by atoms with van der Waals surface area (Å²) in [6, 6.07) is 10.6. The van der Waals surface area contributed by atoms with Gasteiger partial charge in [0.25, 0.3) is 5.91 Å². The van der Waals surface area contributed by atoms with E-state index in [-0.39, 0.29) is 24.5 Å². The van der Waals surface area contributed by atoms with E-state index in [2.05, 4.69) is 10.3 Å². The quantitative estimate of drug-likeness (QED) is 0.876. The molecule has 2 atom stereocenters. The highest BCUT2D eigenvalue weighted by Gasteiger charge is 2.47. The van der Waals surface area contributed by atoms with Gasteiger partial charge in [-0.15, -0.1) is 0 Å². The molecule has 0 spiro atoms. The minimum Gasteiger partial charge on any atom is -0.497 e. The maximum Gasteiger partial charge on any atom is 0.256 e. The topological polar surface area (TPSA) is 80.8 Å². The van der Waals surface area contributed by atoms with Crippen molar-refractivity contribution in [1.29, 1.82) is 0 Å². The summed E-state index contributed by atoms with van der Waals surface area (Å²) in [6.07, 6.45) is 4.33. The number of benzene rings is 1. The van der Waals surface area contributed by atoms with Crippen LogP contribution in [0.4, 0.5) is 5.69 Å². The fraction of sp³-hybridized carbons (Fsp3) is 0.350. The highest BCUT2D eigenvalue weighted by molar-refractivity contribution is 5.96. The largest absolute Gasteiger partial charge is 0.497 e. The van der Waals surface area contributed by atoms with E-state index in [0.29, 0.717) is 5.69 Å². The van der Waals surface area contributed by atoms with Gasteiger partial charge in [0.2, 0.25) is 5.91 Å². The number of morpholine rings is 1. The van der Waals surface area contributed by atoms with E-state index in [4.69, 9.17) is 9.47 Å². The molecule has 2 amide bonds. The maximum atomic E-state index is 12.9. The smallest absolute Gasteiger partial charge is 0.256 e. The van der Waals surface area contributed by atoms with Gasteiger partial charge in [0, 0.05) is 12.2 Å². The Morgan fingerprint density at radius 2 is 2.04 bits per heavy atom. The highest BCUT2D eigenvalue weighted by Crippen LogP contribution is 2.40. The van der Waals surface area contributed by atoms with Crippen LogP contribution in [0.3, 0.4) is 0 Å². The van der Waals surface area contributed by atoms with E-state index >= 15 is 0 Å². The van der Waals surface area contributed by atoms with Crippen LogP contribution < -0.4 is 10.1 Å². The molecule has 0 unspecified atom stereocenters. The van der Waals surface area contributed by atoms with Crippen LogP contribution in [0.25, 0.3) is 0 Å². The number of hydrogen-bond acceptors (Lipinski definition) is 5. The number of ether oxygens (including phenoxy) is 2. The number of pyridine rings is 1. The van der Waals surface area contributed by atoms with Gasteiger partial charge in [-0.05, 0) is 42.7 Å². The van der Waals surface area contributed by atoms with Crippen molar-refractivity contribution in [2.45, 2.75) is 31.0 Å². The van der Waals surface area contributed by atoms with Crippen molar-refractivity contribution in [2.75, 3.05) is 19.0 Å². The summed E-state index contributed by atoms with van der Waals surface area (Å²) < 4.78 is 10.9. The van der Waals surface area contributed by atoms with E-state index in [1.807, 2.05) is 29.2 Å². The fourth-order valence-corrected chi connectivity index (χ4v) is 3.42. The first-order valence-corrected chi connectivity index (χ1v) is 8.95. The predicted molar refractivity (Wildman–Crippen MR) is 98.2 cm³/mol. The molecule has 27 heavy (non-hydrogen) atoms. The number of carbonyl (C=O) groups excluding carboxylic acids is 2. The molecule has 0 radical (unpaired) electrons. The highest BCUT2D eigenvalue weighted by atomic mass is 16.5. The summed E-state index contributed by atoms with van der Waals surface area (Å²) in [5.41, 5.74) is 1.44. The second-order valence-electron chi connectivity index (χ2n) is 6.71. The first kappa shape index (κ1) is 17.5. The first-order valence-electron chi connectivity index (χ1n) is 8.95. The van der Waals surface area contributed by atoms with Crippen LogP contribution in [0.2, 0.25) is 0 Å². The van der Waals surface area contributed by atoms with Crippen LogP contribution in [0, 0.1) is 0 Å². The van der Waals surface area contributed by atoms with Crippen molar-refractivity contribution >= 4 is 17.5 Å². The number of rotatable bonds is 5. The third kappa shape index (κ3) is 3.64. The Bertz CT molecular complexity index is 821. The van der Waals surface area contributed by atoms with Gasteiger partial charge in [0.1, 0.15) is 12.4 Å². The van der Waals surface area contributed by atoms with E-state index in [9.17, 15) is 9.59 Å². The zero-order valence-corrected chi connectivity index (χ0v) is 15.0. The molecular formula is C20H21N3O4. The first-order chi connectivity index (χ1) is 13.2. The second-order valence-corrected chi connectivity index (χ2v) is 6.71. The Balaban J connectivity index is 1.64. The van der Waals surface area contributed by atoms with Crippen LogP contribution in [-0.4, -0.2) is 47.6 Å². The molecule has 1 saturated heterocycles. The van der Waals surface area contributed by atoms with Crippen molar-refractivity contribution in [3.63, 3.8) is 0 Å². The van der Waals surface area contributed by atoms with E-state index < -0.39 is 12.1 Å². The lowest BCUT2D eigenvalue weighted by molar-refractivity contribution is -0.163. The zero-order valence-electron chi connectivity index (χ0n) is 15.0. The van der Waals surface area contributed by atoms with Gasteiger partial charge in [-0.2, -0.15) is 0 Å². The molecule has 1 aliphatic carbocycles. The average Bonchev–Trinajstić information content (AvgIpc) is 3.53. The van der Waals surface area contributed by atoms with Crippen LogP contribution in [-0.2, 0) is 14.3 Å². The van der Waals surface area contributed by atoms with E-state index in [1.165, 1.54) is 0 Å². The van der Waals surface area contributed by atoms with Crippen LogP contribution in [0.1, 0.15) is 24.4 Å². The Morgan fingerprint density at radius 3 is 2.67 bits per heavy atom. The molecule has 140 valence electrons. The lowest BCUT2D eigenvalue weighted by Crippen LogP contribution is -2.53. The van der Waals surface area contributed by atoms with Gasteiger partial charge < -0.3 is 19.7 Å². The van der Waals surface area contributed by atoms with Crippen molar-refractivity contribution < 1.29 is 19.1 Å². The molecule has 1 saturated carbocycles. The normalized spacial score (nSPS) is 22.4. The Labute approximate surface area is 157 Å². The number of amides is 2. The lowest BCUT2D eigenvalue weighted by atomic mass is 9.96. The summed E-state index contributed by atoms with van der Waals surface area (Å²) in [5.74, 6) is 0.349. The molecule has 1 N–H and O–H groups in total. The van der Waals surface area contributed by atoms with Gasteiger partial charge in [-0.3, -0.25) is 14.6 Å². The van der Waals surface area contributed by atoms with Gasteiger partial charge in [0.15, 0.2) is 6.10 Å². The van der Waals surface area contributed by atoms with Crippen molar-refractivity contribution in [3.8, 4) is 5.75 Å². The molecule has 2 fully saturated rings. The Morgan fingerprint density at radius 1 is 1.26 bits per heavy atom. The molecule has 7 nitrogen and oxygen atoms in total. The van der Waals surface area contributed by atoms with E-state index in [1.54, 1.807) is 31.6 Å². The summed E-state index contributed by atoms with van der Waals surface area (Å²) in [6.45, 7) is -0.0890. The molecule has 2 aliphatic rings. The third-order valence-corrected chi connectivity index (χ3v) is 4.85. The Kier molecular flexibility index (Phi) is 4.77. The van der Waals surface area contributed by atoms with Crippen LogP contribution >= 0.6 is 0 Å². The van der Waals surface area contributed by atoms with Gasteiger partial charge >= 0.3 is 0 Å². The molecule has 1 aromatic carbocycles. The van der Waals surface area contributed by atoms with Crippen molar-refractivity contribution in [3.05, 3.63) is 54.4 Å². The summed E-state index contributed by atoms with van der Waals surface area (Å²) in [4.78, 5) is 31.3. The van der Waals surface area contributed by atoms with Crippen LogP contribution in [0.15, 0.2) is 48.8 Å². The van der Waals surface area contributed by atoms with E-state index in [0.717, 1.165) is 24.2 Å². The summed E-state index contributed by atoms with van der Waals surface area (Å²) in [7, 11) is 1.60.